The van der Waals surface area contributed by atoms with Crippen molar-refractivity contribution in [3.63, 3.8) is 0 Å². The number of aryl methyl sites for hydroxylation is 1. The van der Waals surface area contributed by atoms with Crippen molar-refractivity contribution in [1.29, 1.82) is 0 Å². The molecule has 0 unspecified atom stereocenters. The summed E-state index contributed by atoms with van der Waals surface area (Å²) in [7, 11) is -4.14. The highest BCUT2D eigenvalue weighted by molar-refractivity contribution is 7.92. The molecular weight excluding hydrogens is 606 g/mol. The normalized spacial score (nSPS) is 11.9. The van der Waals surface area contributed by atoms with Gasteiger partial charge >= 0.3 is 0 Å². The second-order valence-corrected chi connectivity index (χ2v) is 13.1. The van der Waals surface area contributed by atoms with Gasteiger partial charge in [-0.25, -0.2) is 8.42 Å². The third kappa shape index (κ3) is 9.19. The van der Waals surface area contributed by atoms with E-state index in [-0.39, 0.29) is 23.8 Å². The second kappa shape index (κ2) is 16.3. The van der Waals surface area contributed by atoms with Crippen molar-refractivity contribution in [1.82, 2.24) is 10.2 Å². The minimum Gasteiger partial charge on any atom is -0.354 e. The summed E-state index contributed by atoms with van der Waals surface area (Å²) in [6.07, 6.45) is 2.74. The number of halogens is 1. The topological polar surface area (TPSA) is 86.8 Å². The molecule has 0 spiro atoms. The lowest BCUT2D eigenvalue weighted by Crippen LogP contribution is -2.53. The summed E-state index contributed by atoms with van der Waals surface area (Å²) >= 11 is 6.15. The molecule has 9 heteroatoms. The van der Waals surface area contributed by atoms with Gasteiger partial charge in [0.25, 0.3) is 10.0 Å². The van der Waals surface area contributed by atoms with Crippen LogP contribution in [-0.2, 0) is 39.0 Å². The highest BCUT2D eigenvalue weighted by Crippen LogP contribution is 2.26. The molecule has 0 fully saturated rings. The lowest BCUT2D eigenvalue weighted by atomic mass is 10.0. The quantitative estimate of drug-likeness (QED) is 0.147. The highest BCUT2D eigenvalue weighted by Gasteiger charge is 2.34. The van der Waals surface area contributed by atoms with E-state index in [1.54, 1.807) is 54.6 Å². The van der Waals surface area contributed by atoms with Gasteiger partial charge in [-0.1, -0.05) is 105 Å². The fourth-order valence-corrected chi connectivity index (χ4v) is 6.55. The van der Waals surface area contributed by atoms with Gasteiger partial charge < -0.3 is 10.2 Å². The molecule has 0 saturated heterocycles. The number of hydrogen-bond acceptors (Lipinski definition) is 4. The zero-order chi connectivity index (χ0) is 32.2. The number of hydrogen-bond donors (Lipinski definition) is 1. The van der Waals surface area contributed by atoms with Crippen LogP contribution in [0.3, 0.4) is 0 Å². The molecule has 7 nitrogen and oxygen atoms in total. The first-order valence-electron chi connectivity index (χ1n) is 15.2. The summed E-state index contributed by atoms with van der Waals surface area (Å²) in [6, 6.07) is 30.9. The summed E-state index contributed by atoms with van der Waals surface area (Å²) in [5.74, 6) is -0.796. The van der Waals surface area contributed by atoms with Crippen molar-refractivity contribution >= 4 is 39.1 Å². The zero-order valence-electron chi connectivity index (χ0n) is 25.7. The number of benzene rings is 4. The molecule has 0 bridgehead atoms. The smallest absolute Gasteiger partial charge is 0.264 e. The molecule has 4 aromatic carbocycles. The summed E-state index contributed by atoms with van der Waals surface area (Å²) in [4.78, 5) is 29.8. The highest BCUT2D eigenvalue weighted by atomic mass is 35.5. The van der Waals surface area contributed by atoms with Crippen LogP contribution < -0.4 is 9.62 Å². The minimum absolute atomic E-state index is 0.0692. The monoisotopic (exact) mass is 645 g/mol. The number of nitrogens with zero attached hydrogens (tertiary/aromatic N) is 2. The maximum Gasteiger partial charge on any atom is 0.264 e. The lowest BCUT2D eigenvalue weighted by molar-refractivity contribution is -0.140. The standard InChI is InChI=1S/C36H40ClN3O4S/c1-3-5-24-38-36(42)34(25-29-12-8-6-9-13-29)39(26-30-16-20-31(37)21-17-30)35(41)27-40(32-22-18-28(4-2)19-23-32)45(43,44)33-14-10-7-11-15-33/h6-23,34H,3-5,24-27H2,1-2H3,(H,38,42)/t34-/m1/s1. The molecule has 45 heavy (non-hydrogen) atoms. The molecule has 4 rings (SSSR count). The van der Waals surface area contributed by atoms with Crippen LogP contribution >= 0.6 is 11.6 Å². The molecule has 236 valence electrons. The van der Waals surface area contributed by atoms with Gasteiger partial charge in [0.15, 0.2) is 0 Å². The van der Waals surface area contributed by atoms with Crippen LogP contribution in [0.1, 0.15) is 43.4 Å². The lowest BCUT2D eigenvalue weighted by Gasteiger charge is -2.34. The van der Waals surface area contributed by atoms with Gasteiger partial charge in [-0.2, -0.15) is 0 Å². The van der Waals surface area contributed by atoms with Crippen LogP contribution in [0.25, 0.3) is 0 Å². The number of amides is 2. The predicted molar refractivity (Wildman–Crippen MR) is 181 cm³/mol. The second-order valence-electron chi connectivity index (χ2n) is 10.8. The van der Waals surface area contributed by atoms with E-state index in [1.165, 1.54) is 17.0 Å². The number of sulfonamides is 1. The number of carbonyl (C=O) groups is 2. The van der Waals surface area contributed by atoms with Crippen LogP contribution in [0.2, 0.25) is 5.02 Å². The van der Waals surface area contributed by atoms with Crippen molar-refractivity contribution in [2.24, 2.45) is 0 Å². The van der Waals surface area contributed by atoms with Crippen molar-refractivity contribution < 1.29 is 18.0 Å². The fourth-order valence-electron chi connectivity index (χ4n) is 4.99. The number of anilines is 1. The Labute approximate surface area is 271 Å². The van der Waals surface area contributed by atoms with Gasteiger partial charge in [0.1, 0.15) is 12.6 Å². The maximum atomic E-state index is 14.5. The SMILES string of the molecule is CCCCNC(=O)[C@@H](Cc1ccccc1)N(Cc1ccc(Cl)cc1)C(=O)CN(c1ccc(CC)cc1)S(=O)(=O)c1ccccc1. The van der Waals surface area contributed by atoms with Gasteiger partial charge in [-0.15, -0.1) is 0 Å². The van der Waals surface area contributed by atoms with Crippen molar-refractivity contribution in [2.75, 3.05) is 17.4 Å². The average molecular weight is 646 g/mol. The number of rotatable bonds is 15. The number of unbranched alkanes of at least 4 members (excludes halogenated alkanes) is 1. The maximum absolute atomic E-state index is 14.5. The Balaban J connectivity index is 1.77. The number of nitrogens with one attached hydrogen (secondary N) is 1. The minimum atomic E-state index is -4.14. The molecule has 0 aliphatic rings. The molecule has 0 radical (unpaired) electrons. The van der Waals surface area contributed by atoms with Crippen molar-refractivity contribution in [3.8, 4) is 0 Å². The fraction of sp³-hybridized carbons (Fsp3) is 0.278. The van der Waals surface area contributed by atoms with E-state index < -0.39 is 28.5 Å². The van der Waals surface area contributed by atoms with E-state index in [4.69, 9.17) is 11.6 Å². The summed E-state index contributed by atoms with van der Waals surface area (Å²) in [6.45, 7) is 4.12. The first-order chi connectivity index (χ1) is 21.7. The van der Waals surface area contributed by atoms with Crippen LogP contribution in [0.4, 0.5) is 5.69 Å². The molecule has 0 aliphatic heterocycles. The molecule has 2 amide bonds. The first kappa shape index (κ1) is 33.7. The molecule has 0 aliphatic carbocycles. The van der Waals surface area contributed by atoms with Gasteiger partial charge in [0.2, 0.25) is 11.8 Å². The molecule has 4 aromatic rings. The molecule has 0 heterocycles. The molecule has 1 atom stereocenters. The third-order valence-electron chi connectivity index (χ3n) is 7.61. The molecule has 0 aromatic heterocycles. The van der Waals surface area contributed by atoms with E-state index in [0.717, 1.165) is 40.3 Å². The predicted octanol–water partition coefficient (Wildman–Crippen LogP) is 6.65. The Morgan fingerprint density at radius 1 is 0.778 bits per heavy atom. The Kier molecular flexibility index (Phi) is 12.2. The first-order valence-corrected chi connectivity index (χ1v) is 17.1. The Bertz CT molecular complexity index is 1630. The van der Waals surface area contributed by atoms with E-state index >= 15 is 0 Å². The van der Waals surface area contributed by atoms with Crippen LogP contribution in [0.15, 0.2) is 114 Å². The van der Waals surface area contributed by atoms with Crippen molar-refractivity contribution in [3.05, 3.63) is 131 Å². The van der Waals surface area contributed by atoms with Gasteiger partial charge in [0, 0.05) is 24.5 Å². The van der Waals surface area contributed by atoms with Crippen LogP contribution in [0.5, 0.6) is 0 Å². The number of carbonyl (C=O) groups excluding carboxylic acids is 2. The van der Waals surface area contributed by atoms with Gasteiger partial charge in [-0.3, -0.25) is 13.9 Å². The average Bonchev–Trinajstić information content (AvgIpc) is 3.07. The van der Waals surface area contributed by atoms with E-state index in [2.05, 4.69) is 5.32 Å². The van der Waals surface area contributed by atoms with Crippen molar-refractivity contribution in [2.45, 2.75) is 57.0 Å². The summed E-state index contributed by atoms with van der Waals surface area (Å²) < 4.78 is 29.3. The Hall–Kier alpha value is -4.14. The molecule has 1 N–H and O–H groups in total. The summed E-state index contributed by atoms with van der Waals surface area (Å²) in [5.41, 5.74) is 3.05. The van der Waals surface area contributed by atoms with Gasteiger partial charge in [-0.05, 0) is 65.9 Å². The molecular formula is C36H40ClN3O4S. The van der Waals surface area contributed by atoms with E-state index in [1.807, 2.05) is 56.3 Å². The zero-order valence-corrected chi connectivity index (χ0v) is 27.3. The molecule has 0 saturated carbocycles. The largest absolute Gasteiger partial charge is 0.354 e. The summed E-state index contributed by atoms with van der Waals surface area (Å²) in [5, 5.41) is 3.55. The van der Waals surface area contributed by atoms with Crippen LogP contribution in [0, 0.1) is 0 Å². The Morgan fingerprint density at radius 3 is 1.98 bits per heavy atom. The Morgan fingerprint density at radius 2 is 1.38 bits per heavy atom. The third-order valence-corrected chi connectivity index (χ3v) is 9.65. The van der Waals surface area contributed by atoms with E-state index in [9.17, 15) is 18.0 Å². The van der Waals surface area contributed by atoms with Crippen LogP contribution in [-0.4, -0.2) is 44.3 Å². The van der Waals surface area contributed by atoms with E-state index in [0.29, 0.717) is 17.3 Å². The van der Waals surface area contributed by atoms with Gasteiger partial charge in [0.05, 0.1) is 10.6 Å².